The van der Waals surface area contributed by atoms with Gasteiger partial charge in [-0.25, -0.2) is 4.79 Å². The Labute approximate surface area is 106 Å². The van der Waals surface area contributed by atoms with Crippen LogP contribution < -0.4 is 5.32 Å². The molecular weight excluding hydrogens is 240 g/mol. The van der Waals surface area contributed by atoms with Crippen molar-refractivity contribution in [2.24, 2.45) is 0 Å². The number of methoxy groups -OCH3 is 1. The molecule has 1 rings (SSSR count). The SMILES string of the molecule is COC(=O)[C@H](CS)NC(=O)CCn1cccc1. The molecule has 1 heterocycles. The van der Waals surface area contributed by atoms with Crippen molar-refractivity contribution in [3.63, 3.8) is 0 Å². The Hall–Kier alpha value is -1.43. The van der Waals surface area contributed by atoms with Gasteiger partial charge < -0.3 is 14.6 Å². The highest BCUT2D eigenvalue weighted by Gasteiger charge is 2.19. The second kappa shape index (κ2) is 7.01. The summed E-state index contributed by atoms with van der Waals surface area (Å²) in [5.74, 6) is -0.445. The molecule has 17 heavy (non-hydrogen) atoms. The summed E-state index contributed by atoms with van der Waals surface area (Å²) in [6, 6.07) is 3.10. The number of hydrogen-bond donors (Lipinski definition) is 2. The first-order chi connectivity index (χ1) is 8.17. The molecule has 0 aliphatic heterocycles. The molecule has 1 amide bonds. The molecule has 0 bridgehead atoms. The molecule has 0 unspecified atom stereocenters. The number of thiol groups is 1. The van der Waals surface area contributed by atoms with Crippen molar-refractivity contribution in [2.45, 2.75) is 19.0 Å². The van der Waals surface area contributed by atoms with Crippen LogP contribution in [0.25, 0.3) is 0 Å². The normalized spacial score (nSPS) is 11.9. The van der Waals surface area contributed by atoms with Crippen LogP contribution in [-0.2, 0) is 20.9 Å². The van der Waals surface area contributed by atoms with E-state index in [4.69, 9.17) is 0 Å². The molecule has 1 atom stereocenters. The largest absolute Gasteiger partial charge is 0.467 e. The predicted octanol–water partition coefficient (Wildman–Crippen LogP) is 0.466. The lowest BCUT2D eigenvalue weighted by Gasteiger charge is -2.14. The fourth-order valence-corrected chi connectivity index (χ4v) is 1.58. The van der Waals surface area contributed by atoms with Crippen molar-refractivity contribution < 1.29 is 14.3 Å². The second-order valence-corrected chi connectivity index (χ2v) is 3.86. The lowest BCUT2D eigenvalue weighted by molar-refractivity contribution is -0.144. The first kappa shape index (κ1) is 13.6. The zero-order valence-corrected chi connectivity index (χ0v) is 10.5. The van der Waals surface area contributed by atoms with E-state index in [0.717, 1.165) is 0 Å². The minimum Gasteiger partial charge on any atom is -0.467 e. The van der Waals surface area contributed by atoms with Crippen molar-refractivity contribution in [1.82, 2.24) is 9.88 Å². The fourth-order valence-electron chi connectivity index (χ4n) is 1.34. The summed E-state index contributed by atoms with van der Waals surface area (Å²) < 4.78 is 6.44. The molecule has 0 saturated carbocycles. The van der Waals surface area contributed by atoms with Gasteiger partial charge in [-0.3, -0.25) is 4.79 Å². The molecule has 0 saturated heterocycles. The van der Waals surface area contributed by atoms with Crippen molar-refractivity contribution in [2.75, 3.05) is 12.9 Å². The molecule has 6 heteroatoms. The van der Waals surface area contributed by atoms with Crippen LogP contribution in [0.1, 0.15) is 6.42 Å². The van der Waals surface area contributed by atoms with Gasteiger partial charge in [0, 0.05) is 31.1 Å². The number of nitrogens with one attached hydrogen (secondary N) is 1. The van der Waals surface area contributed by atoms with Crippen LogP contribution in [0, 0.1) is 0 Å². The Kier molecular flexibility index (Phi) is 5.62. The summed E-state index contributed by atoms with van der Waals surface area (Å²) in [4.78, 5) is 22.8. The van der Waals surface area contributed by atoms with E-state index in [1.807, 2.05) is 29.1 Å². The molecule has 0 aliphatic carbocycles. The van der Waals surface area contributed by atoms with Crippen LogP contribution in [0.15, 0.2) is 24.5 Å². The monoisotopic (exact) mass is 256 g/mol. The average Bonchev–Trinajstić information content (AvgIpc) is 2.85. The number of rotatable bonds is 6. The van der Waals surface area contributed by atoms with Gasteiger partial charge in [0.2, 0.25) is 5.91 Å². The van der Waals surface area contributed by atoms with E-state index in [9.17, 15) is 9.59 Å². The number of carbonyl (C=O) groups excluding carboxylic acids is 2. The molecule has 0 radical (unpaired) electrons. The highest BCUT2D eigenvalue weighted by atomic mass is 32.1. The Balaban J connectivity index is 2.35. The summed E-state index contributed by atoms with van der Waals surface area (Å²) in [6.45, 7) is 0.583. The van der Waals surface area contributed by atoms with Crippen LogP contribution >= 0.6 is 12.6 Å². The fraction of sp³-hybridized carbons (Fsp3) is 0.455. The van der Waals surface area contributed by atoms with Gasteiger partial charge in [0.1, 0.15) is 6.04 Å². The van der Waals surface area contributed by atoms with E-state index in [1.54, 1.807) is 0 Å². The third kappa shape index (κ3) is 4.52. The van der Waals surface area contributed by atoms with E-state index < -0.39 is 12.0 Å². The van der Waals surface area contributed by atoms with Crippen LogP contribution in [-0.4, -0.2) is 35.3 Å². The molecule has 1 N–H and O–H groups in total. The minimum absolute atomic E-state index is 0.192. The predicted molar refractivity (Wildman–Crippen MR) is 66.8 cm³/mol. The molecule has 0 fully saturated rings. The van der Waals surface area contributed by atoms with E-state index >= 15 is 0 Å². The van der Waals surface area contributed by atoms with Crippen molar-refractivity contribution in [3.05, 3.63) is 24.5 Å². The van der Waals surface area contributed by atoms with Gasteiger partial charge >= 0.3 is 5.97 Å². The first-order valence-corrected chi connectivity index (χ1v) is 5.89. The number of aryl methyl sites for hydroxylation is 1. The summed E-state index contributed by atoms with van der Waals surface area (Å²) in [6.07, 6.45) is 4.07. The number of nitrogens with zero attached hydrogens (tertiary/aromatic N) is 1. The molecule has 94 valence electrons. The average molecular weight is 256 g/mol. The lowest BCUT2D eigenvalue weighted by Crippen LogP contribution is -2.43. The van der Waals surface area contributed by atoms with Gasteiger partial charge in [0.25, 0.3) is 0 Å². The highest BCUT2D eigenvalue weighted by molar-refractivity contribution is 7.80. The van der Waals surface area contributed by atoms with Gasteiger partial charge in [-0.05, 0) is 12.1 Å². The molecular formula is C11H16N2O3S. The van der Waals surface area contributed by atoms with Gasteiger partial charge in [0.15, 0.2) is 0 Å². The van der Waals surface area contributed by atoms with E-state index in [-0.39, 0.29) is 11.7 Å². The summed E-state index contributed by atoms with van der Waals surface area (Å²) >= 11 is 3.99. The minimum atomic E-state index is -0.680. The van der Waals surface area contributed by atoms with E-state index in [1.165, 1.54) is 7.11 Å². The molecule has 1 aromatic heterocycles. The standard InChI is InChI=1S/C11H16N2O3S/c1-16-11(15)9(8-17)12-10(14)4-7-13-5-2-3-6-13/h2-3,5-6,9,17H,4,7-8H2,1H3,(H,12,14)/t9-/m0/s1. The summed E-state index contributed by atoms with van der Waals surface area (Å²) in [5.41, 5.74) is 0. The number of esters is 1. The topological polar surface area (TPSA) is 60.3 Å². The second-order valence-electron chi connectivity index (χ2n) is 3.50. The maximum absolute atomic E-state index is 11.6. The summed E-state index contributed by atoms with van der Waals surface area (Å²) in [7, 11) is 1.28. The zero-order chi connectivity index (χ0) is 12.7. The smallest absolute Gasteiger partial charge is 0.329 e. The van der Waals surface area contributed by atoms with Crippen LogP contribution in [0.4, 0.5) is 0 Å². The third-order valence-electron chi connectivity index (χ3n) is 2.27. The van der Waals surface area contributed by atoms with Gasteiger partial charge in [-0.15, -0.1) is 0 Å². The molecule has 0 aliphatic rings. The van der Waals surface area contributed by atoms with Crippen molar-refractivity contribution in [1.29, 1.82) is 0 Å². The summed E-state index contributed by atoms with van der Waals surface area (Å²) in [5, 5.41) is 2.58. The number of hydrogen-bond acceptors (Lipinski definition) is 4. The Morgan fingerprint density at radius 2 is 2.06 bits per heavy atom. The van der Waals surface area contributed by atoms with E-state index in [0.29, 0.717) is 13.0 Å². The lowest BCUT2D eigenvalue weighted by atomic mass is 10.3. The Morgan fingerprint density at radius 3 is 2.59 bits per heavy atom. The Morgan fingerprint density at radius 1 is 1.41 bits per heavy atom. The van der Waals surface area contributed by atoms with Crippen molar-refractivity contribution >= 4 is 24.5 Å². The van der Waals surface area contributed by atoms with Crippen LogP contribution in [0.2, 0.25) is 0 Å². The third-order valence-corrected chi connectivity index (χ3v) is 2.63. The van der Waals surface area contributed by atoms with Crippen LogP contribution in [0.3, 0.4) is 0 Å². The number of ether oxygens (including phenoxy) is 1. The van der Waals surface area contributed by atoms with Gasteiger partial charge in [-0.2, -0.15) is 12.6 Å². The zero-order valence-electron chi connectivity index (χ0n) is 9.63. The molecule has 1 aromatic rings. The van der Waals surface area contributed by atoms with Crippen molar-refractivity contribution in [3.8, 4) is 0 Å². The highest BCUT2D eigenvalue weighted by Crippen LogP contribution is 1.96. The molecule has 5 nitrogen and oxygen atoms in total. The maximum Gasteiger partial charge on any atom is 0.329 e. The Bertz CT molecular complexity index is 365. The molecule has 0 aromatic carbocycles. The number of carbonyl (C=O) groups is 2. The molecule has 0 spiro atoms. The number of amides is 1. The first-order valence-electron chi connectivity index (χ1n) is 5.26. The van der Waals surface area contributed by atoms with Crippen LogP contribution in [0.5, 0.6) is 0 Å². The quantitative estimate of drug-likeness (QED) is 0.574. The van der Waals surface area contributed by atoms with E-state index in [2.05, 4.69) is 22.7 Å². The van der Waals surface area contributed by atoms with Gasteiger partial charge in [0.05, 0.1) is 7.11 Å². The number of aromatic nitrogens is 1. The maximum atomic E-state index is 11.6. The van der Waals surface area contributed by atoms with Gasteiger partial charge in [-0.1, -0.05) is 0 Å².